The fraction of sp³-hybridized carbons (Fsp3) is 0.185. The zero-order valence-corrected chi connectivity index (χ0v) is 20.2. The molecule has 4 rings (SSSR count). The minimum absolute atomic E-state index is 0.202. The molecular formula is C27H25ClN2O4. The summed E-state index contributed by atoms with van der Waals surface area (Å²) in [6.45, 7) is 2.30. The van der Waals surface area contributed by atoms with E-state index in [4.69, 9.17) is 30.8 Å². The molecule has 6 nitrogen and oxygen atoms in total. The number of amides is 1. The van der Waals surface area contributed by atoms with Crippen molar-refractivity contribution in [2.75, 3.05) is 21.3 Å². The number of pyridine rings is 1. The van der Waals surface area contributed by atoms with Crippen molar-refractivity contribution < 1.29 is 19.0 Å². The Morgan fingerprint density at radius 2 is 1.65 bits per heavy atom. The molecule has 3 aromatic carbocycles. The lowest BCUT2D eigenvalue weighted by Gasteiger charge is -2.15. The maximum absolute atomic E-state index is 13.3. The highest BCUT2D eigenvalue weighted by molar-refractivity contribution is 6.31. The van der Waals surface area contributed by atoms with E-state index >= 15 is 0 Å². The Morgan fingerprint density at radius 1 is 0.941 bits per heavy atom. The molecular weight excluding hydrogens is 452 g/mol. The summed E-state index contributed by atoms with van der Waals surface area (Å²) in [6.07, 6.45) is 0. The van der Waals surface area contributed by atoms with Gasteiger partial charge in [0.15, 0.2) is 11.5 Å². The van der Waals surface area contributed by atoms with Gasteiger partial charge in [-0.25, -0.2) is 4.98 Å². The van der Waals surface area contributed by atoms with Crippen molar-refractivity contribution in [2.45, 2.75) is 13.5 Å². The summed E-state index contributed by atoms with van der Waals surface area (Å²) < 4.78 is 16.4. The fourth-order valence-corrected chi connectivity index (χ4v) is 4.05. The van der Waals surface area contributed by atoms with Crippen molar-refractivity contribution >= 4 is 28.4 Å². The molecule has 7 heteroatoms. The van der Waals surface area contributed by atoms with E-state index in [9.17, 15) is 4.79 Å². The predicted octanol–water partition coefficient (Wildman–Crippen LogP) is 5.82. The van der Waals surface area contributed by atoms with Gasteiger partial charge in [-0.3, -0.25) is 4.79 Å². The largest absolute Gasteiger partial charge is 0.493 e. The molecule has 1 aromatic heterocycles. The molecule has 0 atom stereocenters. The Hall–Kier alpha value is -3.77. The van der Waals surface area contributed by atoms with Crippen LogP contribution in [0.3, 0.4) is 0 Å². The fourth-order valence-electron chi connectivity index (χ4n) is 3.85. The quantitative estimate of drug-likeness (QED) is 0.364. The summed E-state index contributed by atoms with van der Waals surface area (Å²) in [6, 6.07) is 18.6. The standard InChI is InChI=1S/C27H25ClN2O4/c1-16-17(8-7-10-21(16)28)15-29-27(31)20-14-23(30-22-11-6-5-9-19(20)22)18-12-24(32-2)26(34-4)25(13-18)33-3/h5-14H,15H2,1-4H3,(H,29,31). The Kier molecular flexibility index (Phi) is 6.89. The third kappa shape index (κ3) is 4.50. The number of fused-ring (bicyclic) bond motifs is 1. The van der Waals surface area contributed by atoms with E-state index in [0.29, 0.717) is 45.6 Å². The first-order valence-corrected chi connectivity index (χ1v) is 11.1. The average molecular weight is 477 g/mol. The van der Waals surface area contributed by atoms with E-state index in [1.165, 1.54) is 0 Å². The van der Waals surface area contributed by atoms with Crippen LogP contribution >= 0.6 is 11.6 Å². The van der Waals surface area contributed by atoms with Crippen LogP contribution in [0.15, 0.2) is 60.7 Å². The summed E-state index contributed by atoms with van der Waals surface area (Å²) in [5.41, 5.74) is 4.49. The number of carbonyl (C=O) groups excluding carboxylic acids is 1. The van der Waals surface area contributed by atoms with Crippen molar-refractivity contribution in [2.24, 2.45) is 0 Å². The van der Waals surface area contributed by atoms with Crippen LogP contribution in [0.5, 0.6) is 17.2 Å². The molecule has 0 saturated heterocycles. The summed E-state index contributed by atoms with van der Waals surface area (Å²) in [5.74, 6) is 1.31. The Balaban J connectivity index is 1.77. The molecule has 174 valence electrons. The summed E-state index contributed by atoms with van der Waals surface area (Å²) in [7, 11) is 4.68. The molecule has 0 aliphatic heterocycles. The van der Waals surface area contributed by atoms with Gasteiger partial charge in [-0.15, -0.1) is 0 Å². The third-order valence-electron chi connectivity index (χ3n) is 5.74. The molecule has 0 bridgehead atoms. The number of nitrogens with zero attached hydrogens (tertiary/aromatic N) is 1. The van der Waals surface area contributed by atoms with Crippen LogP contribution in [0.2, 0.25) is 5.02 Å². The Morgan fingerprint density at radius 3 is 2.32 bits per heavy atom. The van der Waals surface area contributed by atoms with Crippen LogP contribution in [0.1, 0.15) is 21.5 Å². The number of carbonyl (C=O) groups is 1. The van der Waals surface area contributed by atoms with Gasteiger partial charge >= 0.3 is 0 Å². The molecule has 0 aliphatic rings. The SMILES string of the molecule is COc1cc(-c2cc(C(=O)NCc3cccc(Cl)c3C)c3ccccc3n2)cc(OC)c1OC. The van der Waals surface area contributed by atoms with E-state index in [1.807, 2.05) is 61.5 Å². The monoisotopic (exact) mass is 476 g/mol. The highest BCUT2D eigenvalue weighted by Crippen LogP contribution is 2.41. The molecule has 1 amide bonds. The van der Waals surface area contributed by atoms with Gasteiger partial charge in [0, 0.05) is 22.5 Å². The molecule has 0 unspecified atom stereocenters. The minimum atomic E-state index is -0.202. The van der Waals surface area contributed by atoms with Crippen LogP contribution in [0.25, 0.3) is 22.2 Å². The number of rotatable bonds is 7. The molecule has 34 heavy (non-hydrogen) atoms. The summed E-state index contributed by atoms with van der Waals surface area (Å²) in [5, 5.41) is 4.46. The van der Waals surface area contributed by atoms with Crippen molar-refractivity contribution in [1.29, 1.82) is 0 Å². The molecule has 1 N–H and O–H groups in total. The second-order valence-corrected chi connectivity index (χ2v) is 8.10. The lowest BCUT2D eigenvalue weighted by molar-refractivity contribution is 0.0952. The first-order chi connectivity index (χ1) is 16.5. The van der Waals surface area contributed by atoms with Gasteiger partial charge in [0.25, 0.3) is 5.91 Å². The topological polar surface area (TPSA) is 69.7 Å². The second kappa shape index (κ2) is 10.0. The van der Waals surface area contributed by atoms with E-state index in [0.717, 1.165) is 22.1 Å². The average Bonchev–Trinajstić information content (AvgIpc) is 2.87. The first-order valence-electron chi connectivity index (χ1n) is 10.7. The molecule has 0 spiro atoms. The molecule has 4 aromatic rings. The van der Waals surface area contributed by atoms with Gasteiger partial charge in [-0.2, -0.15) is 0 Å². The van der Waals surface area contributed by atoms with Crippen LogP contribution in [-0.4, -0.2) is 32.2 Å². The van der Waals surface area contributed by atoms with Crippen molar-refractivity contribution in [3.05, 3.63) is 82.4 Å². The van der Waals surface area contributed by atoms with Crippen LogP contribution in [0.4, 0.5) is 0 Å². The van der Waals surface area contributed by atoms with Gasteiger partial charge in [0.05, 0.1) is 38.1 Å². The first kappa shape index (κ1) is 23.4. The summed E-state index contributed by atoms with van der Waals surface area (Å²) >= 11 is 6.23. The van der Waals surface area contributed by atoms with Crippen LogP contribution in [-0.2, 0) is 6.54 Å². The van der Waals surface area contributed by atoms with E-state index in [2.05, 4.69) is 5.32 Å². The Bertz CT molecular complexity index is 1350. The van der Waals surface area contributed by atoms with Gasteiger partial charge in [-0.1, -0.05) is 41.9 Å². The number of hydrogen-bond acceptors (Lipinski definition) is 5. The second-order valence-electron chi connectivity index (χ2n) is 7.69. The van der Waals surface area contributed by atoms with E-state index in [1.54, 1.807) is 27.4 Å². The smallest absolute Gasteiger partial charge is 0.252 e. The maximum atomic E-state index is 13.3. The Labute approximate surface area is 203 Å². The minimum Gasteiger partial charge on any atom is -0.493 e. The number of aromatic nitrogens is 1. The number of nitrogens with one attached hydrogen (secondary N) is 1. The van der Waals surface area contributed by atoms with E-state index < -0.39 is 0 Å². The molecule has 0 saturated carbocycles. The maximum Gasteiger partial charge on any atom is 0.252 e. The summed E-state index contributed by atoms with van der Waals surface area (Å²) in [4.78, 5) is 18.1. The van der Waals surface area contributed by atoms with Crippen LogP contribution in [0, 0.1) is 6.92 Å². The zero-order valence-electron chi connectivity index (χ0n) is 19.4. The van der Waals surface area contributed by atoms with Crippen molar-refractivity contribution in [3.8, 4) is 28.5 Å². The molecule has 0 fully saturated rings. The normalized spacial score (nSPS) is 10.7. The number of hydrogen-bond donors (Lipinski definition) is 1. The number of ether oxygens (including phenoxy) is 3. The zero-order chi connectivity index (χ0) is 24.2. The third-order valence-corrected chi connectivity index (χ3v) is 6.15. The van der Waals surface area contributed by atoms with Crippen molar-refractivity contribution in [1.82, 2.24) is 10.3 Å². The van der Waals surface area contributed by atoms with Gasteiger partial charge in [0.1, 0.15) is 0 Å². The van der Waals surface area contributed by atoms with Gasteiger partial charge in [-0.05, 0) is 48.4 Å². The molecule has 0 aliphatic carbocycles. The van der Waals surface area contributed by atoms with Gasteiger partial charge < -0.3 is 19.5 Å². The highest BCUT2D eigenvalue weighted by atomic mass is 35.5. The number of halogens is 1. The number of methoxy groups -OCH3 is 3. The molecule has 1 heterocycles. The number of para-hydroxylation sites is 1. The highest BCUT2D eigenvalue weighted by Gasteiger charge is 2.18. The van der Waals surface area contributed by atoms with Crippen molar-refractivity contribution in [3.63, 3.8) is 0 Å². The number of benzene rings is 3. The lowest BCUT2D eigenvalue weighted by Crippen LogP contribution is -2.23. The van der Waals surface area contributed by atoms with Crippen LogP contribution < -0.4 is 19.5 Å². The van der Waals surface area contributed by atoms with Gasteiger partial charge in [0.2, 0.25) is 5.75 Å². The van der Waals surface area contributed by atoms with E-state index in [-0.39, 0.29) is 5.91 Å². The molecule has 0 radical (unpaired) electrons. The predicted molar refractivity (Wildman–Crippen MR) is 134 cm³/mol. The lowest BCUT2D eigenvalue weighted by atomic mass is 10.0.